The number of nitrogens with two attached hydrogens (primary N) is 1. The minimum Gasteiger partial charge on any atom is -0.351 e. The second-order valence-corrected chi connectivity index (χ2v) is 6.58. The summed E-state index contributed by atoms with van der Waals surface area (Å²) in [5.74, 6) is -0.480. The summed E-state index contributed by atoms with van der Waals surface area (Å²) in [6.07, 6.45) is 1.58. The lowest BCUT2D eigenvalue weighted by Gasteiger charge is -2.22. The predicted molar refractivity (Wildman–Crippen MR) is 89.5 cm³/mol. The van der Waals surface area contributed by atoms with Crippen LogP contribution >= 0.6 is 0 Å². The highest BCUT2D eigenvalue weighted by atomic mass is 16.2. The fourth-order valence-electron chi connectivity index (χ4n) is 2.39. The van der Waals surface area contributed by atoms with Crippen LogP contribution in [0, 0.1) is 6.92 Å². The summed E-state index contributed by atoms with van der Waals surface area (Å²) < 4.78 is 1.53. The van der Waals surface area contributed by atoms with Gasteiger partial charge in [-0.15, -0.1) is 0 Å². The number of aromatic nitrogens is 2. The normalized spacial score (nSPS) is 11.3. The van der Waals surface area contributed by atoms with E-state index in [1.54, 1.807) is 32.3 Å². The molecule has 1 heterocycles. The molecular formula is C17H22N4O2. The van der Waals surface area contributed by atoms with Gasteiger partial charge in [0.1, 0.15) is 0 Å². The second-order valence-electron chi connectivity index (χ2n) is 6.58. The van der Waals surface area contributed by atoms with Crippen LogP contribution in [0.1, 0.15) is 42.4 Å². The maximum absolute atomic E-state index is 12.7. The quantitative estimate of drug-likeness (QED) is 0.925. The van der Waals surface area contributed by atoms with Crippen molar-refractivity contribution in [3.05, 3.63) is 47.3 Å². The molecule has 122 valence electrons. The number of imide groups is 1. The van der Waals surface area contributed by atoms with E-state index in [1.807, 2.05) is 12.1 Å². The van der Waals surface area contributed by atoms with Gasteiger partial charge in [-0.3, -0.25) is 9.48 Å². The zero-order valence-corrected chi connectivity index (χ0v) is 14.1. The molecule has 0 spiro atoms. The Labute approximate surface area is 135 Å². The summed E-state index contributed by atoms with van der Waals surface area (Å²) in [4.78, 5) is 25.5. The molecule has 3 amide bonds. The summed E-state index contributed by atoms with van der Waals surface area (Å²) in [7, 11) is 1.72. The zero-order chi connectivity index (χ0) is 17.4. The molecular weight excluding hydrogens is 292 g/mol. The van der Waals surface area contributed by atoms with Crippen LogP contribution < -0.4 is 10.6 Å². The topological polar surface area (TPSA) is 81.2 Å². The van der Waals surface area contributed by atoms with E-state index in [-0.39, 0.29) is 5.41 Å². The fraction of sp³-hybridized carbons (Fsp3) is 0.353. The molecule has 6 heteroatoms. The zero-order valence-electron chi connectivity index (χ0n) is 14.1. The summed E-state index contributed by atoms with van der Waals surface area (Å²) in [5.41, 5.74) is 7.87. The summed E-state index contributed by atoms with van der Waals surface area (Å²) in [6, 6.07) is 6.44. The summed E-state index contributed by atoms with van der Waals surface area (Å²) >= 11 is 0. The first-order valence-corrected chi connectivity index (χ1v) is 7.36. The average molecular weight is 314 g/mol. The molecule has 0 aliphatic carbocycles. The Morgan fingerprint density at radius 1 is 1.17 bits per heavy atom. The van der Waals surface area contributed by atoms with Gasteiger partial charge < -0.3 is 5.73 Å². The molecule has 2 rings (SSSR count). The van der Waals surface area contributed by atoms with Crippen LogP contribution in [0.2, 0.25) is 0 Å². The number of benzene rings is 1. The van der Waals surface area contributed by atoms with Crippen LogP contribution in [-0.2, 0) is 12.5 Å². The molecule has 2 aromatic rings. The van der Waals surface area contributed by atoms with E-state index in [0.29, 0.717) is 16.9 Å². The van der Waals surface area contributed by atoms with Crippen LogP contribution in [0.4, 0.5) is 10.5 Å². The minimum atomic E-state index is -0.818. The average Bonchev–Trinajstić information content (AvgIpc) is 2.77. The van der Waals surface area contributed by atoms with Crippen LogP contribution in [0.5, 0.6) is 0 Å². The van der Waals surface area contributed by atoms with Crippen molar-refractivity contribution in [3.8, 4) is 0 Å². The van der Waals surface area contributed by atoms with E-state index < -0.39 is 11.9 Å². The van der Waals surface area contributed by atoms with Crippen LogP contribution in [0.15, 0.2) is 30.5 Å². The number of nitrogens with zero attached hydrogens (tertiary/aromatic N) is 3. The number of anilines is 1. The SMILES string of the molecule is Cc1nn(C)cc1C(=O)N(C(N)=O)c1ccc(C(C)(C)C)cc1. The number of urea groups is 1. The Morgan fingerprint density at radius 3 is 2.13 bits per heavy atom. The van der Waals surface area contributed by atoms with E-state index in [2.05, 4.69) is 25.9 Å². The van der Waals surface area contributed by atoms with Gasteiger partial charge in [0.05, 0.1) is 16.9 Å². The lowest BCUT2D eigenvalue weighted by atomic mass is 9.87. The first kappa shape index (κ1) is 16.7. The van der Waals surface area contributed by atoms with E-state index >= 15 is 0 Å². The predicted octanol–water partition coefficient (Wildman–Crippen LogP) is 2.75. The van der Waals surface area contributed by atoms with Crippen molar-refractivity contribution >= 4 is 17.6 Å². The molecule has 6 nitrogen and oxygen atoms in total. The maximum Gasteiger partial charge on any atom is 0.326 e. The summed E-state index contributed by atoms with van der Waals surface area (Å²) in [5, 5.41) is 4.13. The second kappa shape index (κ2) is 5.87. The van der Waals surface area contributed by atoms with Gasteiger partial charge in [0.2, 0.25) is 0 Å². The highest BCUT2D eigenvalue weighted by molar-refractivity contribution is 6.20. The Kier molecular flexibility index (Phi) is 4.27. The molecule has 0 radical (unpaired) electrons. The van der Waals surface area contributed by atoms with Crippen LogP contribution in [-0.4, -0.2) is 21.7 Å². The molecule has 0 fully saturated rings. The van der Waals surface area contributed by atoms with Gasteiger partial charge in [-0.25, -0.2) is 9.69 Å². The van der Waals surface area contributed by atoms with E-state index in [0.717, 1.165) is 10.5 Å². The highest BCUT2D eigenvalue weighted by Gasteiger charge is 2.26. The van der Waals surface area contributed by atoms with Gasteiger partial charge in [-0.05, 0) is 30.0 Å². The van der Waals surface area contributed by atoms with Crippen molar-refractivity contribution in [1.29, 1.82) is 0 Å². The van der Waals surface area contributed by atoms with Crippen molar-refractivity contribution in [2.24, 2.45) is 12.8 Å². The standard InChI is InChI=1S/C17H22N4O2/c1-11-14(10-20(5)19-11)15(22)21(16(18)23)13-8-6-12(7-9-13)17(2,3)4/h6-10H,1-5H3,(H2,18,23). The Morgan fingerprint density at radius 2 is 1.74 bits per heavy atom. The van der Waals surface area contributed by atoms with Crippen molar-refractivity contribution in [1.82, 2.24) is 9.78 Å². The first-order chi connectivity index (χ1) is 10.6. The molecule has 0 saturated carbocycles. The number of aryl methyl sites for hydroxylation is 2. The Hall–Kier alpha value is -2.63. The fourth-order valence-corrected chi connectivity index (χ4v) is 2.39. The lowest BCUT2D eigenvalue weighted by molar-refractivity contribution is 0.0994. The number of carbonyl (C=O) groups excluding carboxylic acids is 2. The monoisotopic (exact) mass is 314 g/mol. The Balaban J connectivity index is 2.41. The third-order valence-electron chi connectivity index (χ3n) is 3.66. The molecule has 1 aromatic carbocycles. The number of hydrogen-bond donors (Lipinski definition) is 1. The number of amides is 3. The molecule has 23 heavy (non-hydrogen) atoms. The van der Waals surface area contributed by atoms with Gasteiger partial charge in [0, 0.05) is 13.2 Å². The van der Waals surface area contributed by atoms with Gasteiger partial charge in [-0.1, -0.05) is 32.9 Å². The Bertz CT molecular complexity index is 739. The van der Waals surface area contributed by atoms with Crippen molar-refractivity contribution < 1.29 is 9.59 Å². The van der Waals surface area contributed by atoms with E-state index in [4.69, 9.17) is 5.73 Å². The molecule has 0 unspecified atom stereocenters. The van der Waals surface area contributed by atoms with Gasteiger partial charge in [0.25, 0.3) is 5.91 Å². The number of primary amides is 1. The molecule has 0 aliphatic rings. The molecule has 1 aromatic heterocycles. The van der Waals surface area contributed by atoms with E-state index in [1.165, 1.54) is 4.68 Å². The summed E-state index contributed by atoms with van der Waals surface area (Å²) in [6.45, 7) is 8.00. The van der Waals surface area contributed by atoms with Gasteiger partial charge >= 0.3 is 6.03 Å². The third kappa shape index (κ3) is 3.41. The van der Waals surface area contributed by atoms with Crippen molar-refractivity contribution in [2.45, 2.75) is 33.1 Å². The number of carbonyl (C=O) groups is 2. The van der Waals surface area contributed by atoms with Crippen molar-refractivity contribution in [3.63, 3.8) is 0 Å². The van der Waals surface area contributed by atoms with Gasteiger partial charge in [0.15, 0.2) is 0 Å². The van der Waals surface area contributed by atoms with E-state index in [9.17, 15) is 9.59 Å². The molecule has 0 aliphatic heterocycles. The van der Waals surface area contributed by atoms with Crippen molar-refractivity contribution in [2.75, 3.05) is 4.90 Å². The minimum absolute atomic E-state index is 0.0139. The lowest BCUT2D eigenvalue weighted by Crippen LogP contribution is -2.41. The van der Waals surface area contributed by atoms with Crippen LogP contribution in [0.3, 0.4) is 0 Å². The molecule has 0 saturated heterocycles. The maximum atomic E-state index is 12.7. The molecule has 2 N–H and O–H groups in total. The van der Waals surface area contributed by atoms with Crippen LogP contribution in [0.25, 0.3) is 0 Å². The number of rotatable bonds is 2. The largest absolute Gasteiger partial charge is 0.351 e. The highest BCUT2D eigenvalue weighted by Crippen LogP contribution is 2.26. The smallest absolute Gasteiger partial charge is 0.326 e. The molecule has 0 bridgehead atoms. The third-order valence-corrected chi connectivity index (χ3v) is 3.66. The van der Waals surface area contributed by atoms with Gasteiger partial charge in [-0.2, -0.15) is 5.10 Å². The first-order valence-electron chi connectivity index (χ1n) is 7.36. The number of hydrogen-bond acceptors (Lipinski definition) is 3. The molecule has 0 atom stereocenters.